The van der Waals surface area contributed by atoms with E-state index >= 15 is 0 Å². The molecule has 0 radical (unpaired) electrons. The highest BCUT2D eigenvalue weighted by Crippen LogP contribution is 2.36. The van der Waals surface area contributed by atoms with Crippen molar-refractivity contribution in [2.24, 2.45) is 0 Å². The molecule has 1 aromatic rings. The molecule has 88 valence electrons. The number of rotatable bonds is 3. The summed E-state index contributed by atoms with van der Waals surface area (Å²) in [4.78, 5) is 12.1. The molecule has 1 N–H and O–H groups in total. The monoisotopic (exact) mass is 238 g/mol. The van der Waals surface area contributed by atoms with Crippen LogP contribution < -0.4 is 0 Å². The SMILES string of the molecule is Cc1ccc(SC(C)(C)C(=O)O)c(C)c1C. The molecule has 1 aromatic carbocycles. The van der Waals surface area contributed by atoms with Crippen LogP contribution in [0.5, 0.6) is 0 Å². The molecule has 3 heteroatoms. The molecule has 0 unspecified atom stereocenters. The van der Waals surface area contributed by atoms with Crippen molar-refractivity contribution < 1.29 is 9.90 Å². The number of carboxylic acids is 1. The molecule has 0 amide bonds. The van der Waals surface area contributed by atoms with Crippen LogP contribution >= 0.6 is 11.8 Å². The predicted molar refractivity (Wildman–Crippen MR) is 68.2 cm³/mol. The minimum atomic E-state index is -0.785. The Labute approximate surface area is 101 Å². The predicted octanol–water partition coefficient (Wildman–Crippen LogP) is 3.57. The summed E-state index contributed by atoms with van der Waals surface area (Å²) in [6, 6.07) is 4.05. The molecule has 0 spiro atoms. The summed E-state index contributed by atoms with van der Waals surface area (Å²) in [6.45, 7) is 9.65. The van der Waals surface area contributed by atoms with E-state index in [9.17, 15) is 4.79 Å². The number of aryl methyl sites for hydroxylation is 1. The second kappa shape index (κ2) is 4.50. The van der Waals surface area contributed by atoms with Gasteiger partial charge in [-0.3, -0.25) is 4.79 Å². The summed E-state index contributed by atoms with van der Waals surface area (Å²) in [5.74, 6) is -0.782. The van der Waals surface area contributed by atoms with Gasteiger partial charge in [-0.1, -0.05) is 6.07 Å². The van der Waals surface area contributed by atoms with Gasteiger partial charge in [-0.25, -0.2) is 0 Å². The number of thioether (sulfide) groups is 1. The fraction of sp³-hybridized carbons (Fsp3) is 0.462. The van der Waals surface area contributed by atoms with E-state index in [2.05, 4.69) is 13.8 Å². The van der Waals surface area contributed by atoms with Crippen LogP contribution in [0.3, 0.4) is 0 Å². The second-order valence-electron chi connectivity index (χ2n) is 4.55. The van der Waals surface area contributed by atoms with Crippen molar-refractivity contribution in [3.8, 4) is 0 Å². The number of carboxylic acid groups (broad SMARTS) is 1. The summed E-state index contributed by atoms with van der Waals surface area (Å²) in [6.07, 6.45) is 0. The maximum atomic E-state index is 11.1. The molecule has 0 aliphatic rings. The van der Waals surface area contributed by atoms with E-state index in [-0.39, 0.29) is 0 Å². The molecule has 16 heavy (non-hydrogen) atoms. The van der Waals surface area contributed by atoms with E-state index in [1.54, 1.807) is 13.8 Å². The van der Waals surface area contributed by atoms with E-state index in [0.29, 0.717) is 0 Å². The molecule has 1 rings (SSSR count). The molecule has 0 saturated heterocycles. The fourth-order valence-electron chi connectivity index (χ4n) is 1.36. The Hall–Kier alpha value is -0.960. The lowest BCUT2D eigenvalue weighted by Crippen LogP contribution is -2.27. The van der Waals surface area contributed by atoms with E-state index < -0.39 is 10.7 Å². The van der Waals surface area contributed by atoms with E-state index in [0.717, 1.165) is 4.90 Å². The zero-order valence-electron chi connectivity index (χ0n) is 10.4. The number of hydrogen-bond donors (Lipinski definition) is 1. The summed E-state index contributed by atoms with van der Waals surface area (Å²) in [5.41, 5.74) is 3.67. The van der Waals surface area contributed by atoms with Crippen LogP contribution in [0.15, 0.2) is 17.0 Å². The minimum absolute atomic E-state index is 0.782. The molecular weight excluding hydrogens is 220 g/mol. The Kier molecular flexibility index (Phi) is 3.68. The lowest BCUT2D eigenvalue weighted by molar-refractivity contribution is -0.138. The molecule has 0 aromatic heterocycles. The molecule has 0 saturated carbocycles. The Morgan fingerprint density at radius 3 is 2.25 bits per heavy atom. The molecule has 0 fully saturated rings. The third-order valence-corrected chi connectivity index (χ3v) is 4.24. The van der Waals surface area contributed by atoms with Gasteiger partial charge in [0.1, 0.15) is 4.75 Å². The molecule has 0 aliphatic heterocycles. The summed E-state index contributed by atoms with van der Waals surface area (Å²) < 4.78 is -0.785. The van der Waals surface area contributed by atoms with Gasteiger partial charge in [0.2, 0.25) is 0 Å². The maximum absolute atomic E-state index is 11.1. The Morgan fingerprint density at radius 1 is 1.19 bits per heavy atom. The summed E-state index contributed by atoms with van der Waals surface area (Å²) in [7, 11) is 0. The number of benzene rings is 1. The Balaban J connectivity index is 3.08. The third kappa shape index (κ3) is 2.59. The first kappa shape index (κ1) is 13.1. The quantitative estimate of drug-likeness (QED) is 0.818. The summed E-state index contributed by atoms with van der Waals surface area (Å²) in [5, 5.41) is 9.10. The van der Waals surface area contributed by atoms with E-state index in [4.69, 9.17) is 5.11 Å². The first-order valence-corrected chi connectivity index (χ1v) is 6.06. The van der Waals surface area contributed by atoms with Gasteiger partial charge in [-0.05, 0) is 57.4 Å². The average molecular weight is 238 g/mol. The van der Waals surface area contributed by atoms with E-state index in [1.807, 2.05) is 19.1 Å². The van der Waals surface area contributed by atoms with Crippen molar-refractivity contribution in [3.63, 3.8) is 0 Å². The smallest absolute Gasteiger partial charge is 0.319 e. The maximum Gasteiger partial charge on any atom is 0.319 e. The van der Waals surface area contributed by atoms with Crippen LogP contribution in [0.4, 0.5) is 0 Å². The topological polar surface area (TPSA) is 37.3 Å². The molecule has 2 nitrogen and oxygen atoms in total. The first-order chi connectivity index (χ1) is 7.25. The zero-order valence-corrected chi connectivity index (χ0v) is 11.2. The Morgan fingerprint density at radius 2 is 1.75 bits per heavy atom. The average Bonchev–Trinajstić information content (AvgIpc) is 2.19. The molecular formula is C13H18O2S. The largest absolute Gasteiger partial charge is 0.480 e. The van der Waals surface area contributed by atoms with Crippen LogP contribution in [0.25, 0.3) is 0 Å². The number of hydrogen-bond acceptors (Lipinski definition) is 2. The van der Waals surface area contributed by atoms with Crippen molar-refractivity contribution in [1.29, 1.82) is 0 Å². The van der Waals surface area contributed by atoms with Crippen molar-refractivity contribution in [2.75, 3.05) is 0 Å². The summed E-state index contributed by atoms with van der Waals surface area (Å²) >= 11 is 1.40. The van der Waals surface area contributed by atoms with Gasteiger partial charge in [-0.2, -0.15) is 0 Å². The molecule has 0 aliphatic carbocycles. The normalized spacial score (nSPS) is 11.6. The number of carbonyl (C=O) groups is 1. The second-order valence-corrected chi connectivity index (χ2v) is 6.21. The molecule has 0 bridgehead atoms. The lowest BCUT2D eigenvalue weighted by atomic mass is 10.1. The standard InChI is InChI=1S/C13H18O2S/c1-8-6-7-11(10(3)9(8)2)16-13(4,5)12(14)15/h6-7H,1-5H3,(H,14,15). The van der Waals surface area contributed by atoms with Crippen molar-refractivity contribution in [1.82, 2.24) is 0 Å². The van der Waals surface area contributed by atoms with Crippen molar-refractivity contribution in [3.05, 3.63) is 28.8 Å². The van der Waals surface area contributed by atoms with Gasteiger partial charge in [0.15, 0.2) is 0 Å². The lowest BCUT2D eigenvalue weighted by Gasteiger charge is -2.20. The highest BCUT2D eigenvalue weighted by atomic mass is 32.2. The van der Waals surface area contributed by atoms with Crippen LogP contribution in [-0.2, 0) is 4.79 Å². The van der Waals surface area contributed by atoms with Crippen LogP contribution in [0.1, 0.15) is 30.5 Å². The number of aliphatic carboxylic acids is 1. The first-order valence-electron chi connectivity index (χ1n) is 5.25. The van der Waals surface area contributed by atoms with Crippen molar-refractivity contribution >= 4 is 17.7 Å². The van der Waals surface area contributed by atoms with Crippen LogP contribution in [-0.4, -0.2) is 15.8 Å². The van der Waals surface area contributed by atoms with E-state index in [1.165, 1.54) is 28.5 Å². The van der Waals surface area contributed by atoms with Gasteiger partial charge in [0.05, 0.1) is 0 Å². The zero-order chi connectivity index (χ0) is 12.5. The van der Waals surface area contributed by atoms with Gasteiger partial charge < -0.3 is 5.11 Å². The van der Waals surface area contributed by atoms with Crippen LogP contribution in [0.2, 0.25) is 0 Å². The van der Waals surface area contributed by atoms with Crippen molar-refractivity contribution in [2.45, 2.75) is 44.3 Å². The minimum Gasteiger partial charge on any atom is -0.480 e. The molecule has 0 atom stereocenters. The van der Waals surface area contributed by atoms with Gasteiger partial charge >= 0.3 is 5.97 Å². The van der Waals surface area contributed by atoms with Gasteiger partial charge in [-0.15, -0.1) is 11.8 Å². The Bertz CT molecular complexity index is 422. The fourth-order valence-corrected chi connectivity index (χ4v) is 2.44. The van der Waals surface area contributed by atoms with Crippen LogP contribution in [0, 0.1) is 20.8 Å². The van der Waals surface area contributed by atoms with Gasteiger partial charge in [0.25, 0.3) is 0 Å². The third-order valence-electron chi connectivity index (χ3n) is 2.89. The van der Waals surface area contributed by atoms with Gasteiger partial charge in [0, 0.05) is 4.90 Å². The molecule has 0 heterocycles. The highest BCUT2D eigenvalue weighted by Gasteiger charge is 2.29. The highest BCUT2D eigenvalue weighted by molar-refractivity contribution is 8.01.